The van der Waals surface area contributed by atoms with Crippen molar-refractivity contribution in [2.75, 3.05) is 0 Å². The van der Waals surface area contributed by atoms with E-state index in [0.717, 1.165) is 18.4 Å². The topological polar surface area (TPSA) is 40.5 Å². The Kier molecular flexibility index (Phi) is 5.41. The van der Waals surface area contributed by atoms with Gasteiger partial charge in [-0.1, -0.05) is 24.6 Å². The van der Waals surface area contributed by atoms with Gasteiger partial charge in [0, 0.05) is 0 Å². The standard InChI is InChI=1S/C15H26O2/c1-10(2)6-5-7-11(3)13-9-14(16)12(4)8-15(13)17/h6,8,11,13-17H,5,7,9H2,1-4H3/t11-,13+,14-,15-/m1/s1. The van der Waals surface area contributed by atoms with Gasteiger partial charge in [0.05, 0.1) is 12.2 Å². The second-order valence-corrected chi connectivity index (χ2v) is 5.65. The summed E-state index contributed by atoms with van der Waals surface area (Å²) < 4.78 is 0. The number of hydrogen-bond donors (Lipinski definition) is 2. The molecule has 0 saturated carbocycles. The van der Waals surface area contributed by atoms with Crippen molar-refractivity contribution in [1.82, 2.24) is 0 Å². The number of rotatable bonds is 4. The van der Waals surface area contributed by atoms with E-state index in [1.165, 1.54) is 5.57 Å². The van der Waals surface area contributed by atoms with E-state index >= 15 is 0 Å². The van der Waals surface area contributed by atoms with Crippen molar-refractivity contribution in [3.05, 3.63) is 23.3 Å². The highest BCUT2D eigenvalue weighted by molar-refractivity contribution is 5.13. The third kappa shape index (κ3) is 4.29. The average Bonchev–Trinajstić information content (AvgIpc) is 2.22. The van der Waals surface area contributed by atoms with E-state index in [-0.39, 0.29) is 18.1 Å². The van der Waals surface area contributed by atoms with Crippen LogP contribution in [0.25, 0.3) is 0 Å². The van der Waals surface area contributed by atoms with Gasteiger partial charge in [-0.2, -0.15) is 0 Å². The highest BCUT2D eigenvalue weighted by Crippen LogP contribution is 2.32. The maximum atomic E-state index is 10.0. The van der Waals surface area contributed by atoms with Crippen molar-refractivity contribution in [2.45, 2.75) is 59.2 Å². The van der Waals surface area contributed by atoms with Crippen LogP contribution < -0.4 is 0 Å². The van der Waals surface area contributed by atoms with E-state index in [1.54, 1.807) is 0 Å². The van der Waals surface area contributed by atoms with Crippen LogP contribution in [0.2, 0.25) is 0 Å². The predicted octanol–water partition coefficient (Wildman–Crippen LogP) is 3.06. The fraction of sp³-hybridized carbons (Fsp3) is 0.733. The van der Waals surface area contributed by atoms with Gasteiger partial charge in [-0.15, -0.1) is 0 Å². The van der Waals surface area contributed by atoms with Crippen molar-refractivity contribution in [3.8, 4) is 0 Å². The molecule has 0 fully saturated rings. The quantitative estimate of drug-likeness (QED) is 0.739. The molecule has 0 aromatic heterocycles. The highest BCUT2D eigenvalue weighted by Gasteiger charge is 2.30. The van der Waals surface area contributed by atoms with E-state index in [2.05, 4.69) is 26.8 Å². The SMILES string of the molecule is CC(C)=CCC[C@@H](C)[C@@H]1C[C@@H](O)C(C)=C[C@H]1O. The van der Waals surface area contributed by atoms with Crippen LogP contribution in [0.4, 0.5) is 0 Å². The first-order valence-electron chi connectivity index (χ1n) is 6.59. The van der Waals surface area contributed by atoms with Gasteiger partial charge in [-0.3, -0.25) is 0 Å². The summed E-state index contributed by atoms with van der Waals surface area (Å²) >= 11 is 0. The minimum absolute atomic E-state index is 0.194. The summed E-state index contributed by atoms with van der Waals surface area (Å²) in [6.07, 6.45) is 6.13. The first kappa shape index (κ1) is 14.5. The fourth-order valence-corrected chi connectivity index (χ4v) is 2.51. The second-order valence-electron chi connectivity index (χ2n) is 5.65. The van der Waals surface area contributed by atoms with Gasteiger partial charge in [0.2, 0.25) is 0 Å². The molecule has 0 aromatic rings. The normalized spacial score (nSPS) is 30.7. The van der Waals surface area contributed by atoms with Crippen LogP contribution in [0.1, 0.15) is 47.0 Å². The Morgan fingerprint density at radius 3 is 2.71 bits per heavy atom. The Bertz CT molecular complexity index is 300. The Labute approximate surface area is 105 Å². The second kappa shape index (κ2) is 6.36. The van der Waals surface area contributed by atoms with Crippen LogP contribution in [0.15, 0.2) is 23.3 Å². The molecular formula is C15H26O2. The molecule has 2 N–H and O–H groups in total. The zero-order chi connectivity index (χ0) is 13.0. The summed E-state index contributed by atoms with van der Waals surface area (Å²) in [7, 11) is 0. The number of hydrogen-bond acceptors (Lipinski definition) is 2. The van der Waals surface area contributed by atoms with Crippen molar-refractivity contribution in [3.63, 3.8) is 0 Å². The molecule has 0 saturated heterocycles. The molecule has 1 aliphatic carbocycles. The zero-order valence-corrected chi connectivity index (χ0v) is 11.5. The van der Waals surface area contributed by atoms with Gasteiger partial charge < -0.3 is 10.2 Å². The molecule has 98 valence electrons. The lowest BCUT2D eigenvalue weighted by Crippen LogP contribution is -2.34. The molecule has 2 heteroatoms. The van der Waals surface area contributed by atoms with Gasteiger partial charge in [-0.05, 0) is 57.4 Å². The lowest BCUT2D eigenvalue weighted by Gasteiger charge is -2.33. The van der Waals surface area contributed by atoms with Gasteiger partial charge in [0.15, 0.2) is 0 Å². The fourth-order valence-electron chi connectivity index (χ4n) is 2.51. The summed E-state index contributed by atoms with van der Waals surface area (Å²) in [5.41, 5.74) is 2.25. The van der Waals surface area contributed by atoms with Crippen molar-refractivity contribution < 1.29 is 10.2 Å². The number of aliphatic hydroxyl groups excluding tert-OH is 2. The molecule has 2 nitrogen and oxygen atoms in total. The molecular weight excluding hydrogens is 212 g/mol. The molecule has 1 aliphatic rings. The smallest absolute Gasteiger partial charge is 0.0756 e. The Morgan fingerprint density at radius 1 is 1.47 bits per heavy atom. The van der Waals surface area contributed by atoms with E-state index in [0.29, 0.717) is 12.3 Å². The summed E-state index contributed by atoms with van der Waals surface area (Å²) in [5, 5.41) is 19.9. The molecule has 4 atom stereocenters. The van der Waals surface area contributed by atoms with Crippen LogP contribution in [0.5, 0.6) is 0 Å². The van der Waals surface area contributed by atoms with Crippen molar-refractivity contribution >= 4 is 0 Å². The monoisotopic (exact) mass is 238 g/mol. The lowest BCUT2D eigenvalue weighted by molar-refractivity contribution is 0.0543. The first-order valence-corrected chi connectivity index (χ1v) is 6.59. The minimum atomic E-state index is -0.389. The average molecular weight is 238 g/mol. The molecule has 0 spiro atoms. The van der Waals surface area contributed by atoms with Gasteiger partial charge in [0.1, 0.15) is 0 Å². The summed E-state index contributed by atoms with van der Waals surface area (Å²) in [6.45, 7) is 8.28. The van der Waals surface area contributed by atoms with Crippen LogP contribution >= 0.6 is 0 Å². The largest absolute Gasteiger partial charge is 0.389 e. The molecule has 0 heterocycles. The minimum Gasteiger partial charge on any atom is -0.389 e. The molecule has 0 aromatic carbocycles. The number of allylic oxidation sites excluding steroid dienone is 2. The summed E-state index contributed by atoms with van der Waals surface area (Å²) in [5.74, 6) is 0.638. The molecule has 1 rings (SSSR count). The third-order valence-corrected chi connectivity index (χ3v) is 3.80. The van der Waals surface area contributed by atoms with Gasteiger partial charge in [-0.25, -0.2) is 0 Å². The Balaban J connectivity index is 2.52. The highest BCUT2D eigenvalue weighted by atomic mass is 16.3. The first-order chi connectivity index (χ1) is 7.91. The van der Waals surface area contributed by atoms with Gasteiger partial charge in [0.25, 0.3) is 0 Å². The summed E-state index contributed by atoms with van der Waals surface area (Å²) in [4.78, 5) is 0. The van der Waals surface area contributed by atoms with Crippen LogP contribution in [0, 0.1) is 11.8 Å². The van der Waals surface area contributed by atoms with Crippen LogP contribution in [0.3, 0.4) is 0 Å². The molecule has 17 heavy (non-hydrogen) atoms. The van der Waals surface area contributed by atoms with E-state index < -0.39 is 0 Å². The molecule has 0 bridgehead atoms. The van der Waals surface area contributed by atoms with E-state index in [1.807, 2.05) is 13.0 Å². The molecule has 0 radical (unpaired) electrons. The van der Waals surface area contributed by atoms with E-state index in [4.69, 9.17) is 0 Å². The zero-order valence-electron chi connectivity index (χ0n) is 11.5. The lowest BCUT2D eigenvalue weighted by atomic mass is 9.77. The van der Waals surface area contributed by atoms with Crippen molar-refractivity contribution in [1.29, 1.82) is 0 Å². The third-order valence-electron chi connectivity index (χ3n) is 3.80. The molecule has 0 unspecified atom stereocenters. The van der Waals surface area contributed by atoms with Crippen LogP contribution in [-0.4, -0.2) is 22.4 Å². The van der Waals surface area contributed by atoms with Gasteiger partial charge >= 0.3 is 0 Å². The predicted molar refractivity (Wildman–Crippen MR) is 71.7 cm³/mol. The maximum Gasteiger partial charge on any atom is 0.0756 e. The summed E-state index contributed by atoms with van der Waals surface area (Å²) in [6, 6.07) is 0. The van der Waals surface area contributed by atoms with Crippen molar-refractivity contribution in [2.24, 2.45) is 11.8 Å². The van der Waals surface area contributed by atoms with Crippen LogP contribution in [-0.2, 0) is 0 Å². The molecule has 0 amide bonds. The van der Waals surface area contributed by atoms with E-state index in [9.17, 15) is 10.2 Å². The maximum absolute atomic E-state index is 10.0. The molecule has 0 aliphatic heterocycles. The Morgan fingerprint density at radius 2 is 2.12 bits per heavy atom. The Hall–Kier alpha value is -0.600. The number of aliphatic hydroxyl groups is 2.